The molecule has 7 nitrogen and oxygen atoms in total. The van der Waals surface area contributed by atoms with Crippen LogP contribution in [0.4, 0.5) is 0 Å². The lowest BCUT2D eigenvalue weighted by Crippen LogP contribution is -2.21. The lowest BCUT2D eigenvalue weighted by atomic mass is 10.1. The summed E-state index contributed by atoms with van der Waals surface area (Å²) in [6.07, 6.45) is 2.24. The van der Waals surface area contributed by atoms with Gasteiger partial charge in [0.15, 0.2) is 23.0 Å². The second-order valence-corrected chi connectivity index (χ2v) is 9.22. The molecule has 0 bridgehead atoms. The molecule has 0 aliphatic carbocycles. The molecule has 0 radical (unpaired) electrons. The Morgan fingerprint density at radius 1 is 1.03 bits per heavy atom. The van der Waals surface area contributed by atoms with Crippen molar-refractivity contribution in [2.45, 2.75) is 25.5 Å². The van der Waals surface area contributed by atoms with Gasteiger partial charge in [0.2, 0.25) is 0 Å². The van der Waals surface area contributed by atoms with Crippen LogP contribution >= 0.6 is 11.3 Å². The number of hydrogen-bond donors (Lipinski definition) is 1. The maximum atomic E-state index is 12.8. The maximum Gasteiger partial charge on any atom is 0.261 e. The SMILES string of the molecule is COc1cc(CNC(=O)c2ccc(-c3ccc4c(c3)OCCO4)s2)ccc1OCC1CCCO1. The molecule has 3 heterocycles. The van der Waals surface area contributed by atoms with Crippen molar-refractivity contribution >= 4 is 17.2 Å². The fraction of sp³-hybridized carbons (Fsp3) is 0.346. The summed E-state index contributed by atoms with van der Waals surface area (Å²) in [7, 11) is 1.61. The van der Waals surface area contributed by atoms with Gasteiger partial charge in [-0.3, -0.25) is 4.79 Å². The van der Waals surface area contributed by atoms with Gasteiger partial charge in [0, 0.05) is 18.0 Å². The van der Waals surface area contributed by atoms with Crippen molar-refractivity contribution in [3.63, 3.8) is 0 Å². The maximum absolute atomic E-state index is 12.8. The van der Waals surface area contributed by atoms with E-state index in [2.05, 4.69) is 5.32 Å². The molecule has 0 spiro atoms. The highest BCUT2D eigenvalue weighted by atomic mass is 32.1. The van der Waals surface area contributed by atoms with E-state index in [1.165, 1.54) is 11.3 Å². The minimum atomic E-state index is -0.119. The first kappa shape index (κ1) is 22.6. The fourth-order valence-electron chi connectivity index (χ4n) is 3.98. The van der Waals surface area contributed by atoms with Gasteiger partial charge in [-0.05, 0) is 66.4 Å². The number of methoxy groups -OCH3 is 1. The highest BCUT2D eigenvalue weighted by molar-refractivity contribution is 7.17. The third-order valence-electron chi connectivity index (χ3n) is 5.79. The van der Waals surface area contributed by atoms with Crippen molar-refractivity contribution in [1.82, 2.24) is 5.32 Å². The van der Waals surface area contributed by atoms with E-state index in [9.17, 15) is 4.79 Å². The van der Waals surface area contributed by atoms with Gasteiger partial charge in [0.25, 0.3) is 5.91 Å². The Balaban J connectivity index is 1.19. The van der Waals surface area contributed by atoms with Crippen molar-refractivity contribution in [3.8, 4) is 33.4 Å². The standard InChI is InChI=1S/C26H27NO6S/c1-29-22-13-17(4-6-20(22)33-16-19-3-2-10-30-19)15-27-26(28)25-9-8-24(34-25)18-5-7-21-23(14-18)32-12-11-31-21/h4-9,13-14,19H,2-3,10-12,15-16H2,1H3,(H,27,28). The Hall–Kier alpha value is -3.23. The molecule has 5 rings (SSSR count). The molecule has 1 fully saturated rings. The van der Waals surface area contributed by atoms with Gasteiger partial charge in [-0.25, -0.2) is 0 Å². The van der Waals surface area contributed by atoms with E-state index in [1.54, 1.807) is 7.11 Å². The zero-order valence-electron chi connectivity index (χ0n) is 19.0. The van der Waals surface area contributed by atoms with Crippen molar-refractivity contribution < 1.29 is 28.5 Å². The van der Waals surface area contributed by atoms with Gasteiger partial charge in [-0.1, -0.05) is 6.07 Å². The molecule has 0 saturated carbocycles. The monoisotopic (exact) mass is 481 g/mol. The summed E-state index contributed by atoms with van der Waals surface area (Å²) < 4.78 is 28.2. The number of amides is 1. The summed E-state index contributed by atoms with van der Waals surface area (Å²) in [5.41, 5.74) is 1.93. The van der Waals surface area contributed by atoms with Gasteiger partial charge in [0.05, 0.1) is 18.1 Å². The predicted octanol–water partition coefficient (Wildman–Crippen LogP) is 4.68. The average molecular weight is 482 g/mol. The van der Waals surface area contributed by atoms with Crippen molar-refractivity contribution in [2.24, 2.45) is 0 Å². The van der Waals surface area contributed by atoms with E-state index in [0.29, 0.717) is 42.7 Å². The number of ether oxygens (including phenoxy) is 5. The lowest BCUT2D eigenvalue weighted by molar-refractivity contribution is 0.0669. The smallest absolute Gasteiger partial charge is 0.261 e. The van der Waals surface area contributed by atoms with E-state index in [4.69, 9.17) is 23.7 Å². The fourth-order valence-corrected chi connectivity index (χ4v) is 4.90. The Labute approximate surface area is 202 Å². The number of carbonyl (C=O) groups excluding carboxylic acids is 1. The molecule has 1 atom stereocenters. The van der Waals surface area contributed by atoms with Crippen molar-refractivity contribution in [2.75, 3.05) is 33.5 Å². The molecule has 2 aromatic carbocycles. The molecule has 1 N–H and O–H groups in total. The molecule has 2 aliphatic rings. The van der Waals surface area contributed by atoms with Crippen LogP contribution in [0.25, 0.3) is 10.4 Å². The molecule has 1 saturated heterocycles. The summed E-state index contributed by atoms with van der Waals surface area (Å²) in [4.78, 5) is 14.4. The molecular formula is C26H27NO6S. The Morgan fingerprint density at radius 3 is 2.74 bits per heavy atom. The third kappa shape index (κ3) is 5.13. The minimum absolute atomic E-state index is 0.119. The second-order valence-electron chi connectivity index (χ2n) is 8.14. The largest absolute Gasteiger partial charge is 0.493 e. The highest BCUT2D eigenvalue weighted by Gasteiger charge is 2.18. The molecule has 2 aliphatic heterocycles. The van der Waals surface area contributed by atoms with E-state index < -0.39 is 0 Å². The average Bonchev–Trinajstić information content (AvgIpc) is 3.58. The first-order valence-corrected chi connectivity index (χ1v) is 12.2. The first-order valence-electron chi connectivity index (χ1n) is 11.4. The summed E-state index contributed by atoms with van der Waals surface area (Å²) in [5.74, 6) is 2.69. The molecule has 8 heteroatoms. The molecule has 178 valence electrons. The number of benzene rings is 2. The van der Waals surface area contributed by atoms with Crippen LogP contribution in [0.2, 0.25) is 0 Å². The van der Waals surface area contributed by atoms with Crippen LogP contribution in [0.15, 0.2) is 48.5 Å². The molecule has 1 unspecified atom stereocenters. The Kier molecular flexibility index (Phi) is 6.87. The topological polar surface area (TPSA) is 75.3 Å². The summed E-state index contributed by atoms with van der Waals surface area (Å²) in [6, 6.07) is 15.3. The number of rotatable bonds is 8. The summed E-state index contributed by atoms with van der Waals surface area (Å²) in [5, 5.41) is 2.99. The predicted molar refractivity (Wildman–Crippen MR) is 129 cm³/mol. The van der Waals surface area contributed by atoms with Gasteiger partial charge >= 0.3 is 0 Å². The van der Waals surface area contributed by atoms with Crippen LogP contribution in [0.5, 0.6) is 23.0 Å². The molecule has 34 heavy (non-hydrogen) atoms. The van der Waals surface area contributed by atoms with Crippen LogP contribution in [0.1, 0.15) is 28.1 Å². The van der Waals surface area contributed by atoms with Crippen LogP contribution in [0, 0.1) is 0 Å². The molecular weight excluding hydrogens is 454 g/mol. The Morgan fingerprint density at radius 2 is 1.91 bits per heavy atom. The highest BCUT2D eigenvalue weighted by Crippen LogP contribution is 2.37. The van der Waals surface area contributed by atoms with E-state index >= 15 is 0 Å². The van der Waals surface area contributed by atoms with E-state index in [1.807, 2.05) is 48.5 Å². The quantitative estimate of drug-likeness (QED) is 0.504. The summed E-state index contributed by atoms with van der Waals surface area (Å²) >= 11 is 1.44. The molecule has 1 amide bonds. The Bertz CT molecular complexity index is 1150. The number of nitrogens with one attached hydrogen (secondary N) is 1. The van der Waals surface area contributed by atoms with Crippen molar-refractivity contribution in [3.05, 3.63) is 59.0 Å². The van der Waals surface area contributed by atoms with Crippen LogP contribution in [-0.4, -0.2) is 45.5 Å². The third-order valence-corrected chi connectivity index (χ3v) is 6.92. The van der Waals surface area contributed by atoms with Crippen LogP contribution in [0.3, 0.4) is 0 Å². The number of thiophene rings is 1. The van der Waals surface area contributed by atoms with Gasteiger partial charge < -0.3 is 29.0 Å². The minimum Gasteiger partial charge on any atom is -0.493 e. The molecule has 1 aromatic heterocycles. The number of fused-ring (bicyclic) bond motifs is 1. The van der Waals surface area contributed by atoms with Gasteiger partial charge in [-0.15, -0.1) is 11.3 Å². The van der Waals surface area contributed by atoms with E-state index in [-0.39, 0.29) is 12.0 Å². The number of carbonyl (C=O) groups is 1. The normalized spacial score (nSPS) is 16.8. The van der Waals surface area contributed by atoms with Gasteiger partial charge in [0.1, 0.15) is 19.8 Å². The summed E-state index contributed by atoms with van der Waals surface area (Å²) in [6.45, 7) is 2.80. The van der Waals surface area contributed by atoms with Crippen LogP contribution < -0.4 is 24.3 Å². The molecule has 3 aromatic rings. The zero-order valence-corrected chi connectivity index (χ0v) is 19.8. The lowest BCUT2D eigenvalue weighted by Gasteiger charge is -2.18. The second kappa shape index (κ2) is 10.4. The van der Waals surface area contributed by atoms with E-state index in [0.717, 1.165) is 47.0 Å². The number of hydrogen-bond acceptors (Lipinski definition) is 7. The van der Waals surface area contributed by atoms with Gasteiger partial charge in [-0.2, -0.15) is 0 Å². The van der Waals surface area contributed by atoms with Crippen LogP contribution in [-0.2, 0) is 11.3 Å². The zero-order chi connectivity index (χ0) is 23.3. The van der Waals surface area contributed by atoms with Crippen molar-refractivity contribution in [1.29, 1.82) is 0 Å². The first-order chi connectivity index (χ1) is 16.7.